The van der Waals surface area contributed by atoms with E-state index in [0.717, 1.165) is 6.33 Å². The fourth-order valence-electron chi connectivity index (χ4n) is 6.14. The first-order valence-corrected chi connectivity index (χ1v) is 20.4. The number of phenolic OH excluding ortho intramolecular Hbond substituents is 1. The average molecular weight is 799 g/mol. The summed E-state index contributed by atoms with van der Waals surface area (Å²) in [6.07, 6.45) is -8.99. The maximum absolute atomic E-state index is 16.5. The van der Waals surface area contributed by atoms with Gasteiger partial charge in [-0.2, -0.15) is 0 Å². The van der Waals surface area contributed by atoms with Crippen LogP contribution in [-0.2, 0) is 42.5 Å². The van der Waals surface area contributed by atoms with E-state index >= 15 is 8.78 Å². The Labute approximate surface area is 301 Å². The molecule has 10 atom stereocenters. The van der Waals surface area contributed by atoms with Crippen LogP contribution in [0.25, 0.3) is 22.3 Å². The lowest BCUT2D eigenvalue weighted by Gasteiger charge is -2.29. The molecule has 282 valence electrons. The van der Waals surface area contributed by atoms with Gasteiger partial charge in [-0.3, -0.25) is 27.2 Å². The normalized spacial score (nSPS) is 33.7. The number of aromatic nitrogens is 8. The molecule has 0 spiro atoms. The van der Waals surface area contributed by atoms with Crippen molar-refractivity contribution in [1.82, 2.24) is 39.0 Å². The summed E-state index contributed by atoms with van der Waals surface area (Å²) < 4.78 is 97.7. The minimum atomic E-state index is -5.14. The standard InChI is InChI=1S/C28H30F2N10O10P2S/c1-32-24-20-26(36-10-34-24)40(12-38-20)27-17(29)21-16(48-27)7-46-52(44,53-8-13-2-4-14(41)5-3-13)50-22-15(6-45-51(42,43)49-21)47-28(18(22)30)39-11-37-19-23(31)33-9-35-25(19)39/h2-5,9-12,15-18,21-22,27-28,41H,6-8H2,1H3,(H,42,43)(H2,31,33,35)(H,32,34,36)/t15-,16-,17-,18-,21-,22-,27-,28-,52?/m1/s1. The van der Waals surface area contributed by atoms with Gasteiger partial charge in [0.25, 0.3) is 0 Å². The number of anilines is 2. The number of nitrogens with one attached hydrogen (secondary N) is 1. The highest BCUT2D eigenvalue weighted by molar-refractivity contribution is 8.54. The number of rotatable bonds is 6. The second kappa shape index (κ2) is 14.1. The second-order valence-corrected chi connectivity index (χ2v) is 17.4. The van der Waals surface area contributed by atoms with Gasteiger partial charge >= 0.3 is 14.6 Å². The average Bonchev–Trinajstić information content (AvgIpc) is 3.91. The number of phosphoric ester groups is 1. The molecule has 0 aliphatic carbocycles. The first-order valence-electron chi connectivity index (χ1n) is 15.8. The molecule has 25 heteroatoms. The number of imidazole rings is 2. The van der Waals surface area contributed by atoms with Crippen LogP contribution in [0.1, 0.15) is 18.0 Å². The Bertz CT molecular complexity index is 2240. The molecule has 20 nitrogen and oxygen atoms in total. The van der Waals surface area contributed by atoms with Gasteiger partial charge in [0.15, 0.2) is 47.7 Å². The van der Waals surface area contributed by atoms with Crippen molar-refractivity contribution < 1.29 is 55.5 Å². The van der Waals surface area contributed by atoms with E-state index in [0.29, 0.717) is 28.3 Å². The minimum absolute atomic E-state index is 0.000411. The number of ether oxygens (including phenoxy) is 2. The van der Waals surface area contributed by atoms with Crippen LogP contribution in [0.15, 0.2) is 49.6 Å². The summed E-state index contributed by atoms with van der Waals surface area (Å²) in [5, 5.41) is 12.6. The number of fused-ring (bicyclic) bond motifs is 4. The zero-order valence-electron chi connectivity index (χ0n) is 27.2. The Morgan fingerprint density at radius 3 is 2.11 bits per heavy atom. The van der Waals surface area contributed by atoms with E-state index in [1.165, 1.54) is 40.2 Å². The third-order valence-corrected chi connectivity index (χ3v) is 13.3. The van der Waals surface area contributed by atoms with Gasteiger partial charge in [-0.15, -0.1) is 0 Å². The van der Waals surface area contributed by atoms with E-state index in [9.17, 15) is 19.1 Å². The Balaban J connectivity index is 1.12. The number of benzene rings is 1. The smallest absolute Gasteiger partial charge is 0.472 e. The predicted octanol–water partition coefficient (Wildman–Crippen LogP) is 3.43. The van der Waals surface area contributed by atoms with Gasteiger partial charge in [-0.1, -0.05) is 12.1 Å². The van der Waals surface area contributed by atoms with Gasteiger partial charge in [0.2, 0.25) is 0 Å². The number of hydrogen-bond acceptors (Lipinski definition) is 18. The first-order chi connectivity index (χ1) is 25.4. The number of nitrogen functional groups attached to an aromatic ring is 1. The molecule has 7 heterocycles. The molecule has 3 saturated heterocycles. The summed E-state index contributed by atoms with van der Waals surface area (Å²) in [6.45, 7) is -6.02. The van der Waals surface area contributed by atoms with Crippen LogP contribution in [0.2, 0.25) is 0 Å². The monoisotopic (exact) mass is 798 g/mol. The summed E-state index contributed by atoms with van der Waals surface area (Å²) in [4.78, 5) is 35.5. The fraction of sp³-hybridized carbons (Fsp3) is 0.429. The lowest BCUT2D eigenvalue weighted by Crippen LogP contribution is -2.37. The van der Waals surface area contributed by atoms with Gasteiger partial charge in [0.05, 0.1) is 25.9 Å². The van der Waals surface area contributed by atoms with Crippen LogP contribution in [0.4, 0.5) is 20.4 Å². The molecule has 0 bridgehead atoms. The molecule has 8 rings (SSSR count). The zero-order valence-corrected chi connectivity index (χ0v) is 29.8. The molecule has 0 amide bonds. The van der Waals surface area contributed by atoms with E-state index < -0.39 is 77.0 Å². The van der Waals surface area contributed by atoms with Gasteiger partial charge in [0.1, 0.15) is 53.9 Å². The van der Waals surface area contributed by atoms with Crippen LogP contribution in [-0.4, -0.2) is 106 Å². The number of phenols is 1. The molecule has 5 N–H and O–H groups in total. The number of nitrogens with zero attached hydrogens (tertiary/aromatic N) is 8. The molecular formula is C28H30F2N10O10P2S. The Hall–Kier alpha value is -3.89. The molecule has 53 heavy (non-hydrogen) atoms. The zero-order chi connectivity index (χ0) is 37.1. The molecule has 3 aliphatic heterocycles. The fourth-order valence-corrected chi connectivity index (χ4v) is 10.5. The van der Waals surface area contributed by atoms with E-state index in [1.807, 2.05) is 0 Å². The third kappa shape index (κ3) is 6.86. The van der Waals surface area contributed by atoms with E-state index in [4.69, 9.17) is 33.3 Å². The van der Waals surface area contributed by atoms with Crippen molar-refractivity contribution in [2.75, 3.05) is 31.3 Å². The molecule has 3 aliphatic rings. The molecule has 0 radical (unpaired) electrons. The SMILES string of the molecule is CNc1ncnc2c1ncn2[C@@H]1O[C@@H]2COP(=O)(SCc3ccc(O)cc3)O[C@H]3[C@@H](F)[C@H](n4cnc5c(N)ncnc54)O[C@@H]3COP(=O)(O)O[C@H]2[C@H]1F. The van der Waals surface area contributed by atoms with Gasteiger partial charge in [-0.25, -0.2) is 47.8 Å². The molecule has 3 fully saturated rings. The first kappa shape index (κ1) is 36.1. The maximum Gasteiger partial charge on any atom is 0.472 e. The quantitative estimate of drug-likeness (QED) is 0.179. The van der Waals surface area contributed by atoms with Crippen molar-refractivity contribution in [3.05, 3.63) is 55.1 Å². The number of alkyl halides is 2. The molecule has 4 aromatic heterocycles. The molecule has 2 unspecified atom stereocenters. The summed E-state index contributed by atoms with van der Waals surface area (Å²) in [5.74, 6) is 0.369. The maximum atomic E-state index is 16.5. The topological polar surface area (TPSA) is 255 Å². The molecule has 5 aromatic rings. The van der Waals surface area contributed by atoms with E-state index in [2.05, 4.69) is 35.2 Å². The van der Waals surface area contributed by atoms with E-state index in [1.54, 1.807) is 19.2 Å². The highest BCUT2D eigenvalue weighted by Crippen LogP contribution is 2.65. The Morgan fingerprint density at radius 1 is 0.868 bits per heavy atom. The van der Waals surface area contributed by atoms with Crippen molar-refractivity contribution in [3.8, 4) is 5.75 Å². The van der Waals surface area contributed by atoms with Gasteiger partial charge in [-0.05, 0) is 29.1 Å². The largest absolute Gasteiger partial charge is 0.508 e. The Kier molecular flexibility index (Phi) is 9.59. The highest BCUT2D eigenvalue weighted by atomic mass is 32.7. The molecular weight excluding hydrogens is 768 g/mol. The number of aromatic hydroxyl groups is 1. The third-order valence-electron chi connectivity index (χ3n) is 8.70. The molecule has 0 saturated carbocycles. The Morgan fingerprint density at radius 2 is 1.45 bits per heavy atom. The predicted molar refractivity (Wildman–Crippen MR) is 181 cm³/mol. The van der Waals surface area contributed by atoms with Crippen molar-refractivity contribution >= 4 is 60.0 Å². The minimum Gasteiger partial charge on any atom is -0.508 e. The van der Waals surface area contributed by atoms with Gasteiger partial charge in [0, 0.05) is 12.8 Å². The van der Waals surface area contributed by atoms with Crippen LogP contribution in [0.5, 0.6) is 5.75 Å². The van der Waals surface area contributed by atoms with Crippen molar-refractivity contribution in [3.63, 3.8) is 0 Å². The number of hydrogen-bond donors (Lipinski definition) is 4. The summed E-state index contributed by atoms with van der Waals surface area (Å²) in [6, 6.07) is 6.00. The second-order valence-electron chi connectivity index (χ2n) is 12.0. The van der Waals surface area contributed by atoms with Crippen molar-refractivity contribution in [1.29, 1.82) is 0 Å². The van der Waals surface area contributed by atoms with Crippen LogP contribution in [0.3, 0.4) is 0 Å². The van der Waals surface area contributed by atoms with Crippen LogP contribution in [0, 0.1) is 0 Å². The number of phosphoric acid groups is 1. The van der Waals surface area contributed by atoms with E-state index in [-0.39, 0.29) is 34.1 Å². The summed E-state index contributed by atoms with van der Waals surface area (Å²) in [5.41, 5.74) is 7.22. The van der Waals surface area contributed by atoms with Crippen molar-refractivity contribution in [2.24, 2.45) is 0 Å². The van der Waals surface area contributed by atoms with Crippen LogP contribution < -0.4 is 11.1 Å². The van der Waals surface area contributed by atoms with Gasteiger partial charge < -0.3 is 30.5 Å². The number of halogens is 2. The number of nitrogens with two attached hydrogens (primary N) is 1. The summed E-state index contributed by atoms with van der Waals surface area (Å²) in [7, 11) is -3.52. The molecule has 1 aromatic carbocycles. The van der Waals surface area contributed by atoms with Crippen molar-refractivity contribution in [2.45, 2.75) is 55.0 Å². The lowest BCUT2D eigenvalue weighted by molar-refractivity contribution is -0.0605. The summed E-state index contributed by atoms with van der Waals surface area (Å²) >= 11 is 0.680. The lowest BCUT2D eigenvalue weighted by atomic mass is 10.1. The van der Waals surface area contributed by atoms with Crippen LogP contribution >= 0.6 is 26.0 Å². The highest BCUT2D eigenvalue weighted by Gasteiger charge is 2.55.